The van der Waals surface area contributed by atoms with Gasteiger partial charge in [0.2, 0.25) is 0 Å². The van der Waals surface area contributed by atoms with Crippen molar-refractivity contribution in [2.45, 2.75) is 0 Å². The highest BCUT2D eigenvalue weighted by Crippen LogP contribution is 2.22. The van der Waals surface area contributed by atoms with Crippen molar-refractivity contribution < 1.29 is 13.6 Å². The van der Waals surface area contributed by atoms with Crippen LogP contribution in [-0.4, -0.2) is 10.9 Å². The van der Waals surface area contributed by atoms with Crippen LogP contribution in [0.4, 0.5) is 25.8 Å². The average molecular weight is 325 g/mol. The molecule has 24 heavy (non-hydrogen) atoms. The van der Waals surface area contributed by atoms with Crippen LogP contribution in [0.25, 0.3) is 0 Å². The molecule has 0 spiro atoms. The van der Waals surface area contributed by atoms with Crippen LogP contribution in [0.1, 0.15) is 10.5 Å². The Balaban J connectivity index is 1.72. The Morgan fingerprint density at radius 3 is 2.17 bits per heavy atom. The molecule has 4 nitrogen and oxygen atoms in total. The number of benzene rings is 2. The summed E-state index contributed by atoms with van der Waals surface area (Å²) >= 11 is 0. The molecule has 3 aromatic rings. The van der Waals surface area contributed by atoms with Gasteiger partial charge in [-0.2, -0.15) is 0 Å². The third-order valence-corrected chi connectivity index (χ3v) is 3.26. The van der Waals surface area contributed by atoms with Crippen molar-refractivity contribution in [1.29, 1.82) is 0 Å². The molecule has 0 saturated carbocycles. The largest absolute Gasteiger partial charge is 0.349 e. The average Bonchev–Trinajstić information content (AvgIpc) is 2.60. The molecular formula is C18H13F2N3O. The topological polar surface area (TPSA) is 54.0 Å². The number of amides is 1. The fourth-order valence-electron chi connectivity index (χ4n) is 2.08. The molecule has 0 saturated heterocycles. The number of rotatable bonds is 4. The molecule has 3 rings (SSSR count). The first-order valence-corrected chi connectivity index (χ1v) is 7.17. The highest BCUT2D eigenvalue weighted by atomic mass is 19.1. The quantitative estimate of drug-likeness (QED) is 0.749. The first-order chi connectivity index (χ1) is 11.6. The maximum Gasteiger partial charge on any atom is 0.274 e. The number of halogens is 2. The molecule has 2 aromatic carbocycles. The summed E-state index contributed by atoms with van der Waals surface area (Å²) in [5.41, 5.74) is 0.953. The van der Waals surface area contributed by atoms with E-state index in [0.717, 1.165) is 12.1 Å². The third kappa shape index (κ3) is 3.55. The predicted octanol–water partition coefficient (Wildman–Crippen LogP) is 4.36. The lowest BCUT2D eigenvalue weighted by atomic mass is 10.2. The van der Waals surface area contributed by atoms with Crippen molar-refractivity contribution in [3.05, 3.63) is 84.2 Å². The van der Waals surface area contributed by atoms with Gasteiger partial charge in [0.1, 0.15) is 23.0 Å². The number of carbonyl (C=O) groups excluding carboxylic acids is 1. The van der Waals surface area contributed by atoms with E-state index in [1.807, 2.05) is 6.07 Å². The number of nitrogens with zero attached hydrogens (tertiary/aromatic N) is 1. The zero-order valence-corrected chi connectivity index (χ0v) is 12.5. The molecule has 0 fully saturated rings. The van der Waals surface area contributed by atoms with E-state index in [0.29, 0.717) is 11.4 Å². The number of anilines is 3. The minimum absolute atomic E-state index is 0.193. The summed E-state index contributed by atoms with van der Waals surface area (Å²) in [6, 6.07) is 15.6. The van der Waals surface area contributed by atoms with Gasteiger partial charge in [-0.25, -0.2) is 13.8 Å². The van der Waals surface area contributed by atoms with E-state index in [9.17, 15) is 13.6 Å². The van der Waals surface area contributed by atoms with Crippen LogP contribution in [0.15, 0.2) is 66.9 Å². The molecule has 0 atom stereocenters. The number of hydrogen-bond donors (Lipinski definition) is 2. The minimum atomic E-state index is -0.708. The van der Waals surface area contributed by atoms with Crippen LogP contribution in [0.3, 0.4) is 0 Å². The van der Waals surface area contributed by atoms with Crippen molar-refractivity contribution in [3.63, 3.8) is 0 Å². The molecule has 0 aliphatic carbocycles. The molecule has 0 radical (unpaired) electrons. The smallest absolute Gasteiger partial charge is 0.274 e. The van der Waals surface area contributed by atoms with Gasteiger partial charge in [0.05, 0.1) is 11.9 Å². The van der Waals surface area contributed by atoms with Crippen molar-refractivity contribution in [2.75, 3.05) is 10.6 Å². The molecule has 6 heteroatoms. The highest BCUT2D eigenvalue weighted by molar-refractivity contribution is 6.02. The van der Waals surface area contributed by atoms with Gasteiger partial charge in [-0.15, -0.1) is 0 Å². The van der Waals surface area contributed by atoms with Crippen LogP contribution in [0.5, 0.6) is 0 Å². The van der Waals surface area contributed by atoms with Crippen LogP contribution in [-0.2, 0) is 0 Å². The summed E-state index contributed by atoms with van der Waals surface area (Å²) < 4.78 is 27.2. The molecular weight excluding hydrogens is 312 g/mol. The lowest BCUT2D eigenvalue weighted by Gasteiger charge is -2.09. The minimum Gasteiger partial charge on any atom is -0.349 e. The molecule has 120 valence electrons. The Labute approximate surface area is 137 Å². The van der Waals surface area contributed by atoms with Crippen molar-refractivity contribution in [3.8, 4) is 0 Å². The molecule has 1 heterocycles. The monoisotopic (exact) mass is 325 g/mol. The third-order valence-electron chi connectivity index (χ3n) is 3.26. The Bertz CT molecular complexity index is 832. The number of carbonyl (C=O) groups is 1. The first kappa shape index (κ1) is 15.6. The standard InChI is InChI=1S/C18H13F2N3O/c19-14-7-4-8-15(20)17(14)22-13-9-10-16(21-11-13)18(24)23-12-5-2-1-3-6-12/h1-11,22H,(H,23,24). The molecule has 0 aliphatic heterocycles. The highest BCUT2D eigenvalue weighted by Gasteiger charge is 2.10. The fraction of sp³-hybridized carbons (Fsp3) is 0. The van der Waals surface area contributed by atoms with Gasteiger partial charge in [-0.05, 0) is 36.4 Å². The van der Waals surface area contributed by atoms with Gasteiger partial charge in [-0.3, -0.25) is 4.79 Å². The van der Waals surface area contributed by atoms with E-state index < -0.39 is 11.6 Å². The lowest BCUT2D eigenvalue weighted by molar-refractivity contribution is 0.102. The van der Waals surface area contributed by atoms with Crippen molar-refractivity contribution in [2.24, 2.45) is 0 Å². The van der Waals surface area contributed by atoms with Gasteiger partial charge >= 0.3 is 0 Å². The van der Waals surface area contributed by atoms with E-state index in [1.165, 1.54) is 24.4 Å². The molecule has 2 N–H and O–H groups in total. The maximum atomic E-state index is 13.6. The summed E-state index contributed by atoms with van der Waals surface area (Å²) in [6.45, 7) is 0. The van der Waals surface area contributed by atoms with Crippen LogP contribution in [0, 0.1) is 11.6 Å². The molecule has 0 bridgehead atoms. The summed E-state index contributed by atoms with van der Waals surface area (Å²) in [5, 5.41) is 5.32. The zero-order valence-electron chi connectivity index (χ0n) is 12.5. The van der Waals surface area contributed by atoms with Crippen molar-refractivity contribution in [1.82, 2.24) is 4.98 Å². The second-order valence-corrected chi connectivity index (χ2v) is 4.97. The van der Waals surface area contributed by atoms with E-state index in [2.05, 4.69) is 15.6 Å². The maximum absolute atomic E-state index is 13.6. The SMILES string of the molecule is O=C(Nc1ccccc1)c1ccc(Nc2c(F)cccc2F)cn1. The fourth-order valence-corrected chi connectivity index (χ4v) is 2.08. The van der Waals surface area contributed by atoms with Gasteiger partial charge < -0.3 is 10.6 Å². The van der Waals surface area contributed by atoms with E-state index in [4.69, 9.17) is 0 Å². The Hall–Kier alpha value is -3.28. The van der Waals surface area contributed by atoms with E-state index in [-0.39, 0.29) is 17.3 Å². The van der Waals surface area contributed by atoms with E-state index in [1.54, 1.807) is 24.3 Å². The first-order valence-electron chi connectivity index (χ1n) is 7.17. The zero-order chi connectivity index (χ0) is 16.9. The number of para-hydroxylation sites is 2. The lowest BCUT2D eigenvalue weighted by Crippen LogP contribution is -2.13. The number of hydrogen-bond acceptors (Lipinski definition) is 3. The second kappa shape index (κ2) is 6.87. The normalized spacial score (nSPS) is 10.2. The van der Waals surface area contributed by atoms with E-state index >= 15 is 0 Å². The van der Waals surface area contributed by atoms with Crippen LogP contribution in [0.2, 0.25) is 0 Å². The number of nitrogens with one attached hydrogen (secondary N) is 2. The number of pyridine rings is 1. The second-order valence-electron chi connectivity index (χ2n) is 4.97. The van der Waals surface area contributed by atoms with Gasteiger partial charge in [-0.1, -0.05) is 24.3 Å². The summed E-state index contributed by atoms with van der Waals surface area (Å²) in [7, 11) is 0. The van der Waals surface area contributed by atoms with Gasteiger partial charge in [0.25, 0.3) is 5.91 Å². The van der Waals surface area contributed by atoms with Gasteiger partial charge in [0.15, 0.2) is 0 Å². The summed E-state index contributed by atoms with van der Waals surface area (Å²) in [4.78, 5) is 16.1. The van der Waals surface area contributed by atoms with Crippen LogP contribution >= 0.6 is 0 Å². The predicted molar refractivity (Wildman–Crippen MR) is 88.3 cm³/mol. The molecule has 0 unspecified atom stereocenters. The van der Waals surface area contributed by atoms with Gasteiger partial charge in [0, 0.05) is 5.69 Å². The number of aromatic nitrogens is 1. The molecule has 1 aromatic heterocycles. The Morgan fingerprint density at radius 1 is 0.833 bits per heavy atom. The van der Waals surface area contributed by atoms with Crippen LogP contribution < -0.4 is 10.6 Å². The molecule has 1 amide bonds. The Morgan fingerprint density at radius 2 is 1.54 bits per heavy atom. The molecule has 0 aliphatic rings. The van der Waals surface area contributed by atoms with Crippen molar-refractivity contribution >= 4 is 23.0 Å². The summed E-state index contributed by atoms with van der Waals surface area (Å²) in [5.74, 6) is -1.79. The summed E-state index contributed by atoms with van der Waals surface area (Å²) in [6.07, 6.45) is 1.34. The Kier molecular flexibility index (Phi) is 4.47.